The van der Waals surface area contributed by atoms with Gasteiger partial charge in [0, 0.05) is 25.7 Å². The molecule has 0 bridgehead atoms. The molecule has 0 saturated heterocycles. The van der Waals surface area contributed by atoms with Crippen LogP contribution in [0.2, 0.25) is 0 Å². The molecule has 0 spiro atoms. The number of nitrogens with two attached hydrogens (primary N) is 1. The van der Waals surface area contributed by atoms with Crippen molar-refractivity contribution in [2.75, 3.05) is 18.8 Å². The maximum absolute atomic E-state index is 11.6. The van der Waals surface area contributed by atoms with Gasteiger partial charge in [-0.25, -0.2) is 0 Å². The Labute approximate surface area is 94.0 Å². The molecule has 0 saturated carbocycles. The van der Waals surface area contributed by atoms with Crippen molar-refractivity contribution in [2.24, 2.45) is 0 Å². The van der Waals surface area contributed by atoms with Gasteiger partial charge in [-0.2, -0.15) is 0 Å². The van der Waals surface area contributed by atoms with Crippen molar-refractivity contribution in [1.29, 1.82) is 0 Å². The van der Waals surface area contributed by atoms with Gasteiger partial charge in [-0.15, -0.1) is 0 Å². The Morgan fingerprint density at radius 2 is 1.81 bits per heavy atom. The van der Waals surface area contributed by atoms with Crippen molar-refractivity contribution in [3.05, 3.63) is 29.8 Å². The number of carbonyl (C=O) groups excluding carboxylic acids is 2. The normalized spacial score (nSPS) is 9.56. The minimum atomic E-state index is -0.233. The highest BCUT2D eigenvalue weighted by Gasteiger charge is 2.07. The Bertz CT molecular complexity index is 391. The fourth-order valence-corrected chi connectivity index (χ4v) is 1.21. The molecule has 0 aliphatic rings. The van der Waals surface area contributed by atoms with Crippen LogP contribution in [0.4, 0.5) is 5.69 Å². The van der Waals surface area contributed by atoms with E-state index >= 15 is 0 Å². The van der Waals surface area contributed by atoms with Gasteiger partial charge in [0.15, 0.2) is 0 Å². The van der Waals surface area contributed by atoms with Gasteiger partial charge in [-0.3, -0.25) is 9.59 Å². The lowest BCUT2D eigenvalue weighted by Gasteiger charge is -2.07. The van der Waals surface area contributed by atoms with E-state index in [9.17, 15) is 9.59 Å². The Morgan fingerprint density at radius 3 is 2.44 bits per heavy atom. The monoisotopic (exact) mass is 221 g/mol. The lowest BCUT2D eigenvalue weighted by Crippen LogP contribution is -2.33. The SMILES string of the molecule is CC(=O)NCCNC(=O)c1ccccc1N. The summed E-state index contributed by atoms with van der Waals surface area (Å²) in [5.41, 5.74) is 6.54. The summed E-state index contributed by atoms with van der Waals surface area (Å²) in [5, 5.41) is 5.24. The second kappa shape index (κ2) is 5.75. The van der Waals surface area contributed by atoms with Crippen molar-refractivity contribution in [1.82, 2.24) is 10.6 Å². The Morgan fingerprint density at radius 1 is 1.19 bits per heavy atom. The predicted octanol–water partition coefficient (Wildman–Crippen LogP) is 0.135. The van der Waals surface area contributed by atoms with E-state index in [0.717, 1.165) is 0 Å². The van der Waals surface area contributed by atoms with E-state index in [2.05, 4.69) is 10.6 Å². The third kappa shape index (κ3) is 3.61. The molecule has 0 atom stereocenters. The molecule has 0 aliphatic heterocycles. The van der Waals surface area contributed by atoms with Crippen molar-refractivity contribution < 1.29 is 9.59 Å². The molecule has 16 heavy (non-hydrogen) atoms. The van der Waals surface area contributed by atoms with Crippen LogP contribution in [0, 0.1) is 0 Å². The van der Waals surface area contributed by atoms with Gasteiger partial charge in [0.1, 0.15) is 0 Å². The summed E-state index contributed by atoms with van der Waals surface area (Å²) in [6.45, 7) is 2.22. The minimum Gasteiger partial charge on any atom is -0.398 e. The van der Waals surface area contributed by atoms with Crippen LogP contribution in [-0.4, -0.2) is 24.9 Å². The van der Waals surface area contributed by atoms with Crippen LogP contribution < -0.4 is 16.4 Å². The third-order valence-electron chi connectivity index (χ3n) is 1.99. The summed E-state index contributed by atoms with van der Waals surface area (Å²) in [7, 11) is 0. The summed E-state index contributed by atoms with van der Waals surface area (Å²) < 4.78 is 0. The topological polar surface area (TPSA) is 84.2 Å². The summed E-state index contributed by atoms with van der Waals surface area (Å²) in [4.78, 5) is 22.2. The molecule has 86 valence electrons. The highest BCUT2D eigenvalue weighted by molar-refractivity contribution is 5.99. The van der Waals surface area contributed by atoms with Crippen LogP contribution in [0.1, 0.15) is 17.3 Å². The van der Waals surface area contributed by atoms with Crippen molar-refractivity contribution in [3.8, 4) is 0 Å². The Kier molecular flexibility index (Phi) is 4.32. The molecule has 2 amide bonds. The van der Waals surface area contributed by atoms with Gasteiger partial charge in [0.05, 0.1) is 5.56 Å². The summed E-state index contributed by atoms with van der Waals surface area (Å²) in [6.07, 6.45) is 0. The summed E-state index contributed by atoms with van der Waals surface area (Å²) in [5.74, 6) is -0.350. The lowest BCUT2D eigenvalue weighted by atomic mass is 10.2. The fraction of sp³-hybridized carbons (Fsp3) is 0.273. The molecule has 0 heterocycles. The number of benzene rings is 1. The average molecular weight is 221 g/mol. The predicted molar refractivity (Wildman–Crippen MR) is 61.9 cm³/mol. The van der Waals surface area contributed by atoms with Gasteiger partial charge in [0.2, 0.25) is 5.91 Å². The number of hydrogen-bond acceptors (Lipinski definition) is 3. The molecule has 0 aromatic heterocycles. The molecule has 4 N–H and O–H groups in total. The molecule has 5 heteroatoms. The van der Waals surface area contributed by atoms with Crippen molar-refractivity contribution >= 4 is 17.5 Å². The first-order valence-electron chi connectivity index (χ1n) is 4.98. The zero-order valence-corrected chi connectivity index (χ0v) is 9.12. The van der Waals surface area contributed by atoms with Crippen molar-refractivity contribution in [2.45, 2.75) is 6.92 Å². The number of anilines is 1. The first-order valence-corrected chi connectivity index (χ1v) is 4.98. The van der Waals surface area contributed by atoms with Crippen LogP contribution in [0.15, 0.2) is 24.3 Å². The fourth-order valence-electron chi connectivity index (χ4n) is 1.21. The van der Waals surface area contributed by atoms with Gasteiger partial charge >= 0.3 is 0 Å². The largest absolute Gasteiger partial charge is 0.398 e. The van der Waals surface area contributed by atoms with Crippen LogP contribution in [-0.2, 0) is 4.79 Å². The van der Waals surface area contributed by atoms with E-state index in [1.165, 1.54) is 6.92 Å². The summed E-state index contributed by atoms with van der Waals surface area (Å²) >= 11 is 0. The first-order chi connectivity index (χ1) is 7.61. The maximum Gasteiger partial charge on any atom is 0.253 e. The second-order valence-corrected chi connectivity index (χ2v) is 3.33. The standard InChI is InChI=1S/C11H15N3O2/c1-8(15)13-6-7-14-11(16)9-4-2-3-5-10(9)12/h2-5H,6-7,12H2,1H3,(H,13,15)(H,14,16). The maximum atomic E-state index is 11.6. The molecular formula is C11H15N3O2. The smallest absolute Gasteiger partial charge is 0.253 e. The van der Waals surface area contributed by atoms with Gasteiger partial charge in [-0.05, 0) is 12.1 Å². The van der Waals surface area contributed by atoms with E-state index in [-0.39, 0.29) is 11.8 Å². The number of nitrogen functional groups attached to an aromatic ring is 1. The van der Waals surface area contributed by atoms with Crippen molar-refractivity contribution in [3.63, 3.8) is 0 Å². The van der Waals surface area contributed by atoms with E-state index < -0.39 is 0 Å². The summed E-state index contributed by atoms with van der Waals surface area (Å²) in [6, 6.07) is 6.84. The van der Waals surface area contributed by atoms with Crippen LogP contribution in [0.25, 0.3) is 0 Å². The molecule has 1 rings (SSSR count). The average Bonchev–Trinajstić information content (AvgIpc) is 2.24. The van der Waals surface area contributed by atoms with Crippen LogP contribution in [0.3, 0.4) is 0 Å². The molecule has 0 unspecified atom stereocenters. The molecule has 0 fully saturated rings. The molecule has 1 aromatic carbocycles. The van der Waals surface area contributed by atoms with Crippen LogP contribution in [0.5, 0.6) is 0 Å². The number of rotatable bonds is 4. The quantitative estimate of drug-likeness (QED) is 0.499. The molecule has 5 nitrogen and oxygen atoms in total. The van der Waals surface area contributed by atoms with E-state index in [1.807, 2.05) is 0 Å². The lowest BCUT2D eigenvalue weighted by molar-refractivity contribution is -0.118. The minimum absolute atomic E-state index is 0.117. The number of para-hydroxylation sites is 1. The molecular weight excluding hydrogens is 206 g/mol. The molecule has 0 aliphatic carbocycles. The van der Waals surface area contributed by atoms with E-state index in [0.29, 0.717) is 24.3 Å². The van der Waals surface area contributed by atoms with E-state index in [4.69, 9.17) is 5.73 Å². The van der Waals surface area contributed by atoms with Gasteiger partial charge in [0.25, 0.3) is 5.91 Å². The Balaban J connectivity index is 2.41. The Hall–Kier alpha value is -2.04. The zero-order valence-electron chi connectivity index (χ0n) is 9.12. The number of amides is 2. The molecule has 0 radical (unpaired) electrons. The highest BCUT2D eigenvalue weighted by Crippen LogP contribution is 2.09. The first kappa shape index (κ1) is 12.0. The zero-order chi connectivity index (χ0) is 12.0. The third-order valence-corrected chi connectivity index (χ3v) is 1.99. The van der Waals surface area contributed by atoms with E-state index in [1.54, 1.807) is 24.3 Å². The second-order valence-electron chi connectivity index (χ2n) is 3.33. The number of hydrogen-bond donors (Lipinski definition) is 3. The number of carbonyl (C=O) groups is 2. The molecule has 1 aromatic rings. The van der Waals surface area contributed by atoms with Gasteiger partial charge in [-0.1, -0.05) is 12.1 Å². The van der Waals surface area contributed by atoms with Gasteiger partial charge < -0.3 is 16.4 Å². The number of nitrogens with one attached hydrogen (secondary N) is 2. The van der Waals surface area contributed by atoms with Crippen LogP contribution >= 0.6 is 0 Å². The highest BCUT2D eigenvalue weighted by atomic mass is 16.2.